The van der Waals surface area contributed by atoms with E-state index >= 15 is 0 Å². The molecular weight excluding hydrogens is 214 g/mol. The quantitative estimate of drug-likeness (QED) is 0.728. The van der Waals surface area contributed by atoms with Crippen molar-refractivity contribution in [1.29, 1.82) is 0 Å². The highest BCUT2D eigenvalue weighted by molar-refractivity contribution is 5.69. The number of carboxylic acid groups (broad SMARTS) is 1. The molecule has 1 amide bonds. The number of hydroxylamine groups is 1. The fourth-order valence-electron chi connectivity index (χ4n) is 0.909. The maximum atomic E-state index is 10.9. The van der Waals surface area contributed by atoms with Crippen molar-refractivity contribution in [3.8, 4) is 0 Å². The third-order valence-corrected chi connectivity index (χ3v) is 1.56. The number of ether oxygens (including phenoxy) is 1. The smallest absolute Gasteiger partial charge is 0.431 e. The molecule has 6 heteroatoms. The average molecular weight is 225 g/mol. The lowest BCUT2D eigenvalue weighted by Gasteiger charge is -2.05. The van der Waals surface area contributed by atoms with Gasteiger partial charge in [-0.25, -0.2) is 9.59 Å². The van der Waals surface area contributed by atoms with E-state index in [1.165, 1.54) is 0 Å². The van der Waals surface area contributed by atoms with Crippen LogP contribution in [0.15, 0.2) is 30.3 Å². The van der Waals surface area contributed by atoms with Gasteiger partial charge in [-0.3, -0.25) is 4.84 Å². The van der Waals surface area contributed by atoms with Crippen molar-refractivity contribution in [3.05, 3.63) is 35.9 Å². The van der Waals surface area contributed by atoms with Crippen LogP contribution in [0.1, 0.15) is 5.56 Å². The van der Waals surface area contributed by atoms with E-state index in [-0.39, 0.29) is 6.61 Å². The van der Waals surface area contributed by atoms with Crippen LogP contribution in [0.4, 0.5) is 4.79 Å². The van der Waals surface area contributed by atoms with Gasteiger partial charge in [0.15, 0.2) is 6.61 Å². The summed E-state index contributed by atoms with van der Waals surface area (Å²) < 4.78 is 4.74. The van der Waals surface area contributed by atoms with Gasteiger partial charge in [-0.2, -0.15) is 5.48 Å². The molecule has 0 saturated heterocycles. The second-order valence-corrected chi connectivity index (χ2v) is 2.85. The number of carbonyl (C=O) groups is 2. The summed E-state index contributed by atoms with van der Waals surface area (Å²) in [6.07, 6.45) is -0.829. The van der Waals surface area contributed by atoms with Crippen molar-refractivity contribution >= 4 is 12.1 Å². The molecule has 0 heterocycles. The average Bonchev–Trinajstić information content (AvgIpc) is 2.27. The molecule has 0 bridgehead atoms. The Kier molecular flexibility index (Phi) is 4.81. The summed E-state index contributed by atoms with van der Waals surface area (Å²) in [6.45, 7) is -0.510. The number of nitrogens with one attached hydrogen (secondary N) is 1. The first-order valence-corrected chi connectivity index (χ1v) is 4.49. The van der Waals surface area contributed by atoms with Crippen molar-refractivity contribution in [2.45, 2.75) is 6.61 Å². The van der Waals surface area contributed by atoms with Gasteiger partial charge in [-0.15, -0.1) is 0 Å². The first-order valence-electron chi connectivity index (χ1n) is 4.49. The second-order valence-electron chi connectivity index (χ2n) is 2.85. The fourth-order valence-corrected chi connectivity index (χ4v) is 0.909. The van der Waals surface area contributed by atoms with Crippen LogP contribution < -0.4 is 5.48 Å². The molecule has 86 valence electrons. The minimum absolute atomic E-state index is 0.100. The third kappa shape index (κ3) is 4.97. The predicted octanol–water partition coefficient (Wildman–Crippen LogP) is 0.929. The van der Waals surface area contributed by atoms with Gasteiger partial charge in [-0.1, -0.05) is 30.3 Å². The third-order valence-electron chi connectivity index (χ3n) is 1.56. The number of benzene rings is 1. The van der Waals surface area contributed by atoms with E-state index in [2.05, 4.69) is 4.84 Å². The summed E-state index contributed by atoms with van der Waals surface area (Å²) in [4.78, 5) is 25.3. The van der Waals surface area contributed by atoms with Gasteiger partial charge in [0.2, 0.25) is 0 Å². The number of rotatable bonds is 5. The minimum Gasteiger partial charge on any atom is -0.479 e. The van der Waals surface area contributed by atoms with E-state index in [9.17, 15) is 9.59 Å². The number of aliphatic carboxylic acids is 1. The van der Waals surface area contributed by atoms with Crippen LogP contribution >= 0.6 is 0 Å². The zero-order valence-electron chi connectivity index (χ0n) is 8.38. The molecule has 0 aliphatic rings. The first kappa shape index (κ1) is 12.0. The van der Waals surface area contributed by atoms with Crippen LogP contribution in [-0.2, 0) is 21.0 Å². The zero-order valence-corrected chi connectivity index (χ0v) is 8.38. The zero-order chi connectivity index (χ0) is 11.8. The lowest BCUT2D eigenvalue weighted by Crippen LogP contribution is -2.27. The van der Waals surface area contributed by atoms with Gasteiger partial charge in [0.25, 0.3) is 0 Å². The Morgan fingerprint density at radius 3 is 2.56 bits per heavy atom. The van der Waals surface area contributed by atoms with E-state index in [1.807, 2.05) is 23.7 Å². The SMILES string of the molecule is O=C(O)CONC(=O)OCc1ccccc1. The predicted molar refractivity (Wildman–Crippen MR) is 53.4 cm³/mol. The van der Waals surface area contributed by atoms with E-state index < -0.39 is 18.7 Å². The number of hydrogen-bond acceptors (Lipinski definition) is 4. The standard InChI is InChI=1S/C10H11NO5/c12-9(13)7-16-11-10(14)15-6-8-4-2-1-3-5-8/h1-5H,6-7H2,(H,11,14)(H,12,13). The maximum Gasteiger partial charge on any atom is 0.431 e. The Morgan fingerprint density at radius 2 is 1.94 bits per heavy atom. The summed E-state index contributed by atoms with van der Waals surface area (Å²) >= 11 is 0. The van der Waals surface area contributed by atoms with Crippen molar-refractivity contribution < 1.29 is 24.3 Å². The molecule has 0 aliphatic carbocycles. The molecule has 0 unspecified atom stereocenters. The summed E-state index contributed by atoms with van der Waals surface area (Å²) in [5.41, 5.74) is 2.67. The topological polar surface area (TPSA) is 84.9 Å². The van der Waals surface area contributed by atoms with Crippen LogP contribution in [-0.4, -0.2) is 23.8 Å². The van der Waals surface area contributed by atoms with Crippen LogP contribution in [0.5, 0.6) is 0 Å². The highest BCUT2D eigenvalue weighted by Crippen LogP contribution is 2.00. The van der Waals surface area contributed by atoms with Gasteiger partial charge >= 0.3 is 12.1 Å². The van der Waals surface area contributed by atoms with E-state index in [1.54, 1.807) is 12.1 Å². The summed E-state index contributed by atoms with van der Waals surface area (Å²) in [5.74, 6) is -1.18. The Morgan fingerprint density at radius 1 is 1.25 bits per heavy atom. The van der Waals surface area contributed by atoms with Crippen molar-refractivity contribution in [2.24, 2.45) is 0 Å². The Balaban J connectivity index is 2.18. The molecule has 1 rings (SSSR count). The molecule has 2 N–H and O–H groups in total. The molecule has 0 saturated carbocycles. The van der Waals surface area contributed by atoms with Gasteiger partial charge in [-0.05, 0) is 5.56 Å². The minimum atomic E-state index is -1.18. The van der Waals surface area contributed by atoms with Crippen molar-refractivity contribution in [2.75, 3.05) is 6.61 Å². The van der Waals surface area contributed by atoms with Crippen LogP contribution in [0, 0.1) is 0 Å². The highest BCUT2D eigenvalue weighted by Gasteiger charge is 2.03. The first-order chi connectivity index (χ1) is 7.68. The highest BCUT2D eigenvalue weighted by atomic mass is 16.7. The summed E-state index contributed by atoms with van der Waals surface area (Å²) in [6, 6.07) is 9.07. The van der Waals surface area contributed by atoms with Crippen LogP contribution in [0.3, 0.4) is 0 Å². The number of carboxylic acids is 1. The van der Waals surface area contributed by atoms with Crippen molar-refractivity contribution in [1.82, 2.24) is 5.48 Å². The Labute approximate surface area is 91.7 Å². The summed E-state index contributed by atoms with van der Waals surface area (Å²) in [5, 5.41) is 8.22. The van der Waals surface area contributed by atoms with E-state index in [0.29, 0.717) is 0 Å². The van der Waals surface area contributed by atoms with Gasteiger partial charge in [0.1, 0.15) is 6.61 Å². The monoisotopic (exact) mass is 225 g/mol. The fraction of sp³-hybridized carbons (Fsp3) is 0.200. The van der Waals surface area contributed by atoms with Crippen LogP contribution in [0.2, 0.25) is 0 Å². The molecule has 0 spiro atoms. The molecule has 0 aromatic heterocycles. The molecule has 1 aromatic rings. The largest absolute Gasteiger partial charge is 0.479 e. The molecule has 0 atom stereocenters. The number of carbonyl (C=O) groups excluding carboxylic acids is 1. The lowest BCUT2D eigenvalue weighted by molar-refractivity contribution is -0.144. The molecular formula is C10H11NO5. The van der Waals surface area contributed by atoms with Crippen molar-refractivity contribution in [3.63, 3.8) is 0 Å². The molecule has 1 aromatic carbocycles. The molecule has 6 nitrogen and oxygen atoms in total. The maximum absolute atomic E-state index is 10.9. The van der Waals surface area contributed by atoms with Gasteiger partial charge < -0.3 is 9.84 Å². The number of hydrogen-bond donors (Lipinski definition) is 2. The van der Waals surface area contributed by atoms with Crippen LogP contribution in [0.25, 0.3) is 0 Å². The Bertz CT molecular complexity index is 351. The normalized spacial score (nSPS) is 9.50. The molecule has 0 radical (unpaired) electrons. The van der Waals surface area contributed by atoms with Gasteiger partial charge in [0, 0.05) is 0 Å². The second kappa shape index (κ2) is 6.41. The van der Waals surface area contributed by atoms with E-state index in [0.717, 1.165) is 5.56 Å². The van der Waals surface area contributed by atoms with E-state index in [4.69, 9.17) is 9.84 Å². The lowest BCUT2D eigenvalue weighted by atomic mass is 10.2. The molecule has 0 fully saturated rings. The molecule has 16 heavy (non-hydrogen) atoms. The number of amides is 1. The summed E-state index contributed by atoms with van der Waals surface area (Å²) in [7, 11) is 0. The van der Waals surface area contributed by atoms with Gasteiger partial charge in [0.05, 0.1) is 0 Å². The Hall–Kier alpha value is -2.08. The molecule has 0 aliphatic heterocycles.